The fourth-order valence-corrected chi connectivity index (χ4v) is 3.58. The normalized spacial score (nSPS) is 18.1. The van der Waals surface area contributed by atoms with Crippen molar-refractivity contribution in [3.63, 3.8) is 0 Å². The fourth-order valence-electron chi connectivity index (χ4n) is 3.39. The molecule has 0 spiro atoms. The van der Waals surface area contributed by atoms with Crippen molar-refractivity contribution >= 4 is 17.4 Å². The van der Waals surface area contributed by atoms with Gasteiger partial charge in [-0.1, -0.05) is 35.9 Å². The maximum Gasteiger partial charge on any atom is 0.167 e. The molecule has 3 rings (SSSR count). The molecule has 1 atom stereocenters. The molecule has 1 N–H and O–H groups in total. The second-order valence-electron chi connectivity index (χ2n) is 6.42. The number of ketones is 1. The second-order valence-corrected chi connectivity index (χ2v) is 6.85. The number of aromatic hydroxyl groups is 1. The summed E-state index contributed by atoms with van der Waals surface area (Å²) in [7, 11) is 1.54. The zero-order chi connectivity index (χ0) is 17.8. The number of ether oxygens (including phenoxy) is 1. The molecule has 2 aromatic rings. The molecule has 1 fully saturated rings. The van der Waals surface area contributed by atoms with Crippen LogP contribution in [0.3, 0.4) is 0 Å². The molecule has 2 aromatic carbocycles. The van der Waals surface area contributed by atoms with E-state index in [-0.39, 0.29) is 17.5 Å². The molecular formula is C20H22ClNO3. The van der Waals surface area contributed by atoms with Gasteiger partial charge in [0.05, 0.1) is 7.11 Å². The van der Waals surface area contributed by atoms with E-state index in [9.17, 15) is 9.90 Å². The summed E-state index contributed by atoms with van der Waals surface area (Å²) in [5.41, 5.74) is 1.48. The van der Waals surface area contributed by atoms with E-state index < -0.39 is 0 Å². The molecule has 0 aliphatic carbocycles. The number of likely N-dealkylation sites (tertiary alicyclic amines) is 1. The van der Waals surface area contributed by atoms with Crippen molar-refractivity contribution in [2.45, 2.75) is 19.4 Å². The zero-order valence-electron chi connectivity index (χ0n) is 14.2. The molecule has 4 nitrogen and oxygen atoms in total. The Balaban J connectivity index is 1.70. The average Bonchev–Trinajstić information content (AvgIpc) is 2.63. The van der Waals surface area contributed by atoms with E-state index in [1.54, 1.807) is 25.3 Å². The molecular weight excluding hydrogens is 338 g/mol. The first-order chi connectivity index (χ1) is 12.1. The van der Waals surface area contributed by atoms with Gasteiger partial charge in [0.25, 0.3) is 0 Å². The molecule has 0 bridgehead atoms. The van der Waals surface area contributed by atoms with Crippen LogP contribution in [-0.4, -0.2) is 36.0 Å². The summed E-state index contributed by atoms with van der Waals surface area (Å²) in [4.78, 5) is 15.0. The van der Waals surface area contributed by atoms with Crippen molar-refractivity contribution in [3.05, 3.63) is 58.6 Å². The Labute approximate surface area is 153 Å². The quantitative estimate of drug-likeness (QED) is 0.815. The van der Waals surface area contributed by atoms with Gasteiger partial charge in [0.2, 0.25) is 0 Å². The maximum atomic E-state index is 12.8. The first-order valence-corrected chi connectivity index (χ1v) is 8.83. The van der Waals surface area contributed by atoms with Gasteiger partial charge in [-0.15, -0.1) is 0 Å². The lowest BCUT2D eigenvalue weighted by molar-refractivity contribution is 0.0810. The maximum absolute atomic E-state index is 12.8. The van der Waals surface area contributed by atoms with Crippen molar-refractivity contribution in [1.29, 1.82) is 0 Å². The molecule has 1 saturated heterocycles. The van der Waals surface area contributed by atoms with E-state index >= 15 is 0 Å². The van der Waals surface area contributed by atoms with Gasteiger partial charge in [0, 0.05) is 35.2 Å². The highest BCUT2D eigenvalue weighted by Gasteiger charge is 2.27. The first kappa shape index (κ1) is 17.8. The van der Waals surface area contributed by atoms with Gasteiger partial charge in [-0.2, -0.15) is 0 Å². The van der Waals surface area contributed by atoms with Crippen LogP contribution in [-0.2, 0) is 6.54 Å². The topological polar surface area (TPSA) is 49.8 Å². The lowest BCUT2D eigenvalue weighted by Gasteiger charge is -2.32. The lowest BCUT2D eigenvalue weighted by atomic mass is 9.90. The highest BCUT2D eigenvalue weighted by Crippen LogP contribution is 2.31. The van der Waals surface area contributed by atoms with Gasteiger partial charge >= 0.3 is 0 Å². The molecule has 0 radical (unpaired) electrons. The van der Waals surface area contributed by atoms with E-state index in [0.717, 1.165) is 24.9 Å². The number of para-hydroxylation sites is 1. The summed E-state index contributed by atoms with van der Waals surface area (Å²) in [6.45, 7) is 2.19. The Hall–Kier alpha value is -2.04. The number of benzene rings is 2. The van der Waals surface area contributed by atoms with Crippen molar-refractivity contribution < 1.29 is 14.6 Å². The average molecular weight is 360 g/mol. The minimum atomic E-state index is -0.0417. The summed E-state index contributed by atoms with van der Waals surface area (Å²) in [6.07, 6.45) is 1.84. The molecule has 0 aromatic heterocycles. The Morgan fingerprint density at radius 3 is 2.88 bits per heavy atom. The predicted octanol–water partition coefficient (Wildman–Crippen LogP) is 4.15. The number of halogens is 1. The van der Waals surface area contributed by atoms with Crippen molar-refractivity contribution in [1.82, 2.24) is 4.90 Å². The predicted molar refractivity (Wildman–Crippen MR) is 98.4 cm³/mol. The van der Waals surface area contributed by atoms with Gasteiger partial charge < -0.3 is 9.84 Å². The minimum Gasteiger partial charge on any atom is -0.504 e. The van der Waals surface area contributed by atoms with Crippen LogP contribution in [0.15, 0.2) is 42.5 Å². The summed E-state index contributed by atoms with van der Waals surface area (Å²) < 4.78 is 5.17. The summed E-state index contributed by atoms with van der Waals surface area (Å²) >= 11 is 6.01. The Bertz CT molecular complexity index is 762. The van der Waals surface area contributed by atoms with Gasteiger partial charge in [0.1, 0.15) is 0 Å². The van der Waals surface area contributed by atoms with Crippen molar-refractivity contribution in [2.24, 2.45) is 5.92 Å². The van der Waals surface area contributed by atoms with Gasteiger partial charge in [-0.05, 0) is 37.6 Å². The standard InChI is InChI=1S/C20H22ClNO3/c1-25-18-9-3-6-16(20(18)24)13-22-10-4-7-15(12-22)19(23)14-5-2-8-17(21)11-14/h2-3,5-6,8-9,11,15,24H,4,7,10,12-13H2,1H3. The number of phenolic OH excluding ortho intramolecular Hbond substituents is 1. The summed E-state index contributed by atoms with van der Waals surface area (Å²) in [6, 6.07) is 12.6. The minimum absolute atomic E-state index is 0.0417. The molecule has 25 heavy (non-hydrogen) atoms. The van der Waals surface area contributed by atoms with E-state index in [1.807, 2.05) is 24.3 Å². The van der Waals surface area contributed by atoms with Crippen LogP contribution in [0.4, 0.5) is 0 Å². The van der Waals surface area contributed by atoms with E-state index in [0.29, 0.717) is 29.4 Å². The van der Waals surface area contributed by atoms with Gasteiger partial charge in [-0.25, -0.2) is 0 Å². The number of phenols is 1. The SMILES string of the molecule is COc1cccc(CN2CCCC(C(=O)c3cccc(Cl)c3)C2)c1O. The van der Waals surface area contributed by atoms with Crippen LogP contribution >= 0.6 is 11.6 Å². The molecule has 132 valence electrons. The van der Waals surface area contributed by atoms with E-state index in [2.05, 4.69) is 4.90 Å². The number of methoxy groups -OCH3 is 1. The largest absolute Gasteiger partial charge is 0.504 e. The second kappa shape index (κ2) is 7.89. The van der Waals surface area contributed by atoms with Gasteiger partial charge in [0.15, 0.2) is 17.3 Å². The van der Waals surface area contributed by atoms with Crippen LogP contribution in [0.1, 0.15) is 28.8 Å². The highest BCUT2D eigenvalue weighted by molar-refractivity contribution is 6.31. The number of carbonyl (C=O) groups is 1. The fraction of sp³-hybridized carbons (Fsp3) is 0.350. The highest BCUT2D eigenvalue weighted by atomic mass is 35.5. The van der Waals surface area contributed by atoms with Crippen LogP contribution in [0.2, 0.25) is 5.02 Å². The number of carbonyl (C=O) groups excluding carboxylic acids is 1. The summed E-state index contributed by atoms with van der Waals surface area (Å²) in [5, 5.41) is 10.9. The summed E-state index contributed by atoms with van der Waals surface area (Å²) in [5.74, 6) is 0.747. The Morgan fingerprint density at radius 1 is 1.32 bits per heavy atom. The molecule has 1 aliphatic rings. The molecule has 1 unspecified atom stereocenters. The van der Waals surface area contributed by atoms with Crippen LogP contribution in [0.5, 0.6) is 11.5 Å². The Morgan fingerprint density at radius 2 is 2.12 bits per heavy atom. The van der Waals surface area contributed by atoms with Crippen molar-refractivity contribution in [2.75, 3.05) is 20.2 Å². The molecule has 1 heterocycles. The van der Waals surface area contributed by atoms with Crippen LogP contribution in [0, 0.1) is 5.92 Å². The monoisotopic (exact) mass is 359 g/mol. The molecule has 5 heteroatoms. The number of rotatable bonds is 5. The van der Waals surface area contributed by atoms with E-state index in [1.165, 1.54) is 0 Å². The zero-order valence-corrected chi connectivity index (χ0v) is 15.0. The van der Waals surface area contributed by atoms with Gasteiger partial charge in [-0.3, -0.25) is 9.69 Å². The number of hydrogen-bond donors (Lipinski definition) is 1. The number of nitrogens with zero attached hydrogens (tertiary/aromatic N) is 1. The smallest absolute Gasteiger partial charge is 0.167 e. The van der Waals surface area contributed by atoms with E-state index in [4.69, 9.17) is 16.3 Å². The van der Waals surface area contributed by atoms with Crippen molar-refractivity contribution in [3.8, 4) is 11.5 Å². The molecule has 1 aliphatic heterocycles. The number of piperidine rings is 1. The first-order valence-electron chi connectivity index (χ1n) is 8.45. The third-order valence-electron chi connectivity index (χ3n) is 4.68. The van der Waals surface area contributed by atoms with Crippen LogP contribution in [0.25, 0.3) is 0 Å². The van der Waals surface area contributed by atoms with Crippen LogP contribution < -0.4 is 4.74 Å². The number of Topliss-reactive ketones (excluding diaryl/α,β-unsaturated/α-hetero) is 1. The molecule has 0 amide bonds. The lowest BCUT2D eigenvalue weighted by Crippen LogP contribution is -2.38. The third-order valence-corrected chi connectivity index (χ3v) is 4.92. The third kappa shape index (κ3) is 4.14. The number of hydrogen-bond acceptors (Lipinski definition) is 4. The Kier molecular flexibility index (Phi) is 5.61. The molecule has 0 saturated carbocycles.